The first-order chi connectivity index (χ1) is 9.49. The van der Waals surface area contributed by atoms with Gasteiger partial charge in [-0.05, 0) is 35.1 Å². The van der Waals surface area contributed by atoms with Gasteiger partial charge in [-0.1, -0.05) is 30.5 Å². The van der Waals surface area contributed by atoms with Gasteiger partial charge in [0.25, 0.3) is 5.91 Å². The van der Waals surface area contributed by atoms with E-state index in [1.807, 2.05) is 38.1 Å². The van der Waals surface area contributed by atoms with Gasteiger partial charge in [-0.3, -0.25) is 4.79 Å². The lowest BCUT2D eigenvalue weighted by molar-refractivity contribution is 0.0788. The van der Waals surface area contributed by atoms with E-state index in [1.165, 1.54) is 0 Å². The van der Waals surface area contributed by atoms with Gasteiger partial charge in [0.1, 0.15) is 4.88 Å². The van der Waals surface area contributed by atoms with E-state index in [4.69, 9.17) is 5.73 Å². The van der Waals surface area contributed by atoms with Crippen LogP contribution in [0.25, 0.3) is 0 Å². The average molecular weight is 290 g/mol. The summed E-state index contributed by atoms with van der Waals surface area (Å²) < 4.78 is 3.89. The highest BCUT2D eigenvalue weighted by molar-refractivity contribution is 7.08. The molecule has 1 aromatic heterocycles. The van der Waals surface area contributed by atoms with Crippen LogP contribution in [-0.4, -0.2) is 27.4 Å². The van der Waals surface area contributed by atoms with Crippen LogP contribution in [-0.2, 0) is 6.54 Å². The molecule has 0 spiro atoms. The van der Waals surface area contributed by atoms with Crippen LogP contribution in [0.15, 0.2) is 24.3 Å². The molecule has 0 saturated carbocycles. The lowest BCUT2D eigenvalue weighted by atomic mass is 10.1. The smallest absolute Gasteiger partial charge is 0.267 e. The first-order valence-corrected chi connectivity index (χ1v) is 7.18. The number of hydrogen-bond acceptors (Lipinski definition) is 5. The number of nitrogens with zero attached hydrogens (tertiary/aromatic N) is 3. The molecular formula is C14H18N4OS. The molecule has 20 heavy (non-hydrogen) atoms. The van der Waals surface area contributed by atoms with Crippen molar-refractivity contribution >= 4 is 23.1 Å². The van der Waals surface area contributed by atoms with E-state index in [2.05, 4.69) is 9.59 Å². The van der Waals surface area contributed by atoms with Gasteiger partial charge >= 0.3 is 0 Å². The van der Waals surface area contributed by atoms with E-state index in [0.717, 1.165) is 22.8 Å². The van der Waals surface area contributed by atoms with Crippen LogP contribution in [0, 0.1) is 0 Å². The molecule has 106 valence electrons. The third-order valence-corrected chi connectivity index (χ3v) is 3.70. The van der Waals surface area contributed by atoms with E-state index in [-0.39, 0.29) is 11.8 Å². The lowest BCUT2D eigenvalue weighted by Crippen LogP contribution is -2.26. The molecule has 0 bridgehead atoms. The second-order valence-corrected chi connectivity index (χ2v) is 5.80. The van der Waals surface area contributed by atoms with Crippen LogP contribution in [0.5, 0.6) is 0 Å². The molecule has 5 nitrogen and oxygen atoms in total. The van der Waals surface area contributed by atoms with Crippen LogP contribution < -0.4 is 5.73 Å². The fraction of sp³-hybridized carbons (Fsp3) is 0.357. The van der Waals surface area contributed by atoms with Gasteiger partial charge in [0.05, 0.1) is 5.69 Å². The van der Waals surface area contributed by atoms with Crippen molar-refractivity contribution in [3.63, 3.8) is 0 Å². The molecule has 1 aromatic carbocycles. The van der Waals surface area contributed by atoms with Crippen molar-refractivity contribution in [2.24, 2.45) is 0 Å². The summed E-state index contributed by atoms with van der Waals surface area (Å²) in [4.78, 5) is 14.7. The van der Waals surface area contributed by atoms with Crippen LogP contribution in [0.4, 0.5) is 5.69 Å². The fourth-order valence-electron chi connectivity index (χ4n) is 1.93. The molecule has 2 N–H and O–H groups in total. The molecule has 6 heteroatoms. The molecule has 0 aliphatic rings. The van der Waals surface area contributed by atoms with Crippen LogP contribution in [0.3, 0.4) is 0 Å². The minimum atomic E-state index is -0.0499. The first kappa shape index (κ1) is 14.5. The first-order valence-electron chi connectivity index (χ1n) is 6.41. The molecule has 0 aliphatic heterocycles. The third-order valence-electron chi connectivity index (χ3n) is 2.97. The van der Waals surface area contributed by atoms with E-state index in [0.29, 0.717) is 17.1 Å². The predicted octanol–water partition coefficient (Wildman–Crippen LogP) is 2.52. The SMILES string of the molecule is CC(C)c1nnsc1C(=O)N(C)Cc1cccc(N)c1. The summed E-state index contributed by atoms with van der Waals surface area (Å²) in [6.45, 7) is 4.52. The van der Waals surface area contributed by atoms with Gasteiger partial charge in [-0.15, -0.1) is 5.10 Å². The summed E-state index contributed by atoms with van der Waals surface area (Å²) in [6, 6.07) is 7.54. The molecule has 0 radical (unpaired) electrons. The number of nitrogen functional groups attached to an aromatic ring is 1. The Bertz CT molecular complexity index is 609. The maximum Gasteiger partial charge on any atom is 0.267 e. The zero-order chi connectivity index (χ0) is 14.7. The summed E-state index contributed by atoms with van der Waals surface area (Å²) in [7, 11) is 1.77. The Morgan fingerprint density at radius 2 is 2.20 bits per heavy atom. The van der Waals surface area contributed by atoms with Crippen LogP contribution >= 0.6 is 11.5 Å². The largest absolute Gasteiger partial charge is 0.399 e. The van der Waals surface area contributed by atoms with Crippen molar-refractivity contribution in [2.75, 3.05) is 12.8 Å². The molecule has 0 unspecified atom stereocenters. The molecule has 2 rings (SSSR count). The molecule has 0 atom stereocenters. The molecule has 1 amide bonds. The van der Waals surface area contributed by atoms with Gasteiger partial charge < -0.3 is 10.6 Å². The maximum atomic E-state index is 12.4. The molecule has 1 heterocycles. The third kappa shape index (κ3) is 3.14. The molecule has 2 aromatic rings. The minimum Gasteiger partial charge on any atom is -0.399 e. The van der Waals surface area contributed by atoms with Gasteiger partial charge in [0.15, 0.2) is 0 Å². The number of anilines is 1. The zero-order valence-electron chi connectivity index (χ0n) is 11.8. The van der Waals surface area contributed by atoms with Crippen molar-refractivity contribution in [3.05, 3.63) is 40.4 Å². The van der Waals surface area contributed by atoms with E-state index < -0.39 is 0 Å². The number of amides is 1. The Kier molecular flexibility index (Phi) is 4.34. The summed E-state index contributed by atoms with van der Waals surface area (Å²) >= 11 is 1.15. The summed E-state index contributed by atoms with van der Waals surface area (Å²) in [5.41, 5.74) is 8.21. The number of rotatable bonds is 4. The quantitative estimate of drug-likeness (QED) is 0.878. The second kappa shape index (κ2) is 6.00. The Morgan fingerprint density at radius 1 is 1.45 bits per heavy atom. The summed E-state index contributed by atoms with van der Waals surface area (Å²) in [5.74, 6) is 0.139. The highest BCUT2D eigenvalue weighted by Crippen LogP contribution is 2.21. The molecular weight excluding hydrogens is 272 g/mol. The highest BCUT2D eigenvalue weighted by atomic mass is 32.1. The molecule has 0 aliphatic carbocycles. The van der Waals surface area contributed by atoms with E-state index in [1.54, 1.807) is 11.9 Å². The van der Waals surface area contributed by atoms with Gasteiger partial charge in [-0.2, -0.15) is 0 Å². The number of benzene rings is 1. The van der Waals surface area contributed by atoms with Crippen molar-refractivity contribution in [1.29, 1.82) is 0 Å². The topological polar surface area (TPSA) is 72.1 Å². The van der Waals surface area contributed by atoms with Crippen molar-refractivity contribution in [1.82, 2.24) is 14.5 Å². The zero-order valence-corrected chi connectivity index (χ0v) is 12.6. The number of hydrogen-bond donors (Lipinski definition) is 1. The number of carbonyl (C=O) groups excluding carboxylic acids is 1. The molecule has 0 fully saturated rings. The Hall–Kier alpha value is -1.95. The second-order valence-electron chi connectivity index (χ2n) is 5.05. The summed E-state index contributed by atoms with van der Waals surface area (Å²) in [5, 5.41) is 4.04. The average Bonchev–Trinajstić information content (AvgIpc) is 2.87. The number of aromatic nitrogens is 2. The lowest BCUT2D eigenvalue weighted by Gasteiger charge is -2.17. The number of nitrogens with two attached hydrogens (primary N) is 1. The van der Waals surface area contributed by atoms with Crippen LogP contribution in [0.1, 0.15) is 40.7 Å². The Labute approximate surface area is 122 Å². The van der Waals surface area contributed by atoms with Crippen molar-refractivity contribution in [3.8, 4) is 0 Å². The van der Waals surface area contributed by atoms with Gasteiger partial charge in [0, 0.05) is 19.3 Å². The van der Waals surface area contributed by atoms with E-state index in [9.17, 15) is 4.79 Å². The highest BCUT2D eigenvalue weighted by Gasteiger charge is 2.21. The maximum absolute atomic E-state index is 12.4. The summed E-state index contributed by atoms with van der Waals surface area (Å²) in [6.07, 6.45) is 0. The van der Waals surface area contributed by atoms with Gasteiger partial charge in [-0.25, -0.2) is 0 Å². The van der Waals surface area contributed by atoms with Crippen molar-refractivity contribution < 1.29 is 4.79 Å². The van der Waals surface area contributed by atoms with Crippen molar-refractivity contribution in [2.45, 2.75) is 26.3 Å². The van der Waals surface area contributed by atoms with Gasteiger partial charge in [0.2, 0.25) is 0 Å². The minimum absolute atomic E-state index is 0.0499. The normalized spacial score (nSPS) is 10.8. The Balaban J connectivity index is 2.14. The Morgan fingerprint density at radius 3 is 2.85 bits per heavy atom. The molecule has 0 saturated heterocycles. The standard InChI is InChI=1S/C14H18N4OS/c1-9(2)12-13(20-17-16-12)14(19)18(3)8-10-5-4-6-11(15)7-10/h4-7,9H,8,15H2,1-3H3. The van der Waals surface area contributed by atoms with Crippen LogP contribution in [0.2, 0.25) is 0 Å². The fourth-order valence-corrected chi connectivity index (χ4v) is 2.75. The monoisotopic (exact) mass is 290 g/mol. The number of carbonyl (C=O) groups is 1. The van der Waals surface area contributed by atoms with E-state index >= 15 is 0 Å². The predicted molar refractivity (Wildman–Crippen MR) is 80.6 cm³/mol.